The van der Waals surface area contributed by atoms with E-state index in [9.17, 15) is 9.59 Å². The molecule has 1 fully saturated rings. The van der Waals surface area contributed by atoms with Crippen molar-refractivity contribution < 1.29 is 33.3 Å². The van der Waals surface area contributed by atoms with E-state index in [1.54, 1.807) is 13.0 Å². The van der Waals surface area contributed by atoms with Crippen LogP contribution >= 0.6 is 0 Å². The molecule has 0 saturated carbocycles. The minimum absolute atomic E-state index is 0.0492. The molecule has 0 aromatic rings. The number of carbonyl (C=O) groups is 2. The smallest absolute Gasteiger partial charge is 0.498 e. The molecule has 1 saturated heterocycles. The summed E-state index contributed by atoms with van der Waals surface area (Å²) in [6.45, 7) is 5.18. The van der Waals surface area contributed by atoms with Crippen molar-refractivity contribution in [3.8, 4) is 0 Å². The normalized spacial score (nSPS) is 21.6. The van der Waals surface area contributed by atoms with Gasteiger partial charge in [0, 0.05) is 0 Å². The Morgan fingerprint density at radius 1 is 1.32 bits per heavy atom. The van der Waals surface area contributed by atoms with Gasteiger partial charge in [0.1, 0.15) is 19.8 Å². The van der Waals surface area contributed by atoms with Crippen molar-refractivity contribution >= 4 is 12.3 Å². The van der Waals surface area contributed by atoms with Crippen LogP contribution in [0, 0.1) is 0 Å². The molecule has 1 rings (SSSR count). The summed E-state index contributed by atoms with van der Waals surface area (Å²) in [4.78, 5) is 22.1. The second kappa shape index (κ2) is 8.02. The number of carbonyl (C=O) groups excluding carboxylic acids is 2. The lowest BCUT2D eigenvalue weighted by Gasteiger charge is -2.14. The first-order valence-electron chi connectivity index (χ1n) is 5.67. The molecule has 0 aromatic heterocycles. The molecule has 106 valence electrons. The molecular formula is C12H16O7. The molecule has 7 heteroatoms. The quantitative estimate of drug-likeness (QED) is 0.397. The van der Waals surface area contributed by atoms with Crippen molar-refractivity contribution in [3.63, 3.8) is 0 Å². The van der Waals surface area contributed by atoms with Gasteiger partial charge in [-0.1, -0.05) is 18.7 Å². The van der Waals surface area contributed by atoms with Crippen LogP contribution in [0.2, 0.25) is 0 Å². The van der Waals surface area contributed by atoms with Crippen LogP contribution in [-0.4, -0.2) is 44.3 Å². The number of rotatable bonds is 7. The van der Waals surface area contributed by atoms with Crippen LogP contribution in [0.3, 0.4) is 0 Å². The van der Waals surface area contributed by atoms with E-state index in [0.717, 1.165) is 0 Å². The molecule has 2 atom stereocenters. The van der Waals surface area contributed by atoms with Gasteiger partial charge in [-0.05, 0) is 6.92 Å². The fourth-order valence-electron chi connectivity index (χ4n) is 1.27. The van der Waals surface area contributed by atoms with Gasteiger partial charge in [-0.3, -0.25) is 0 Å². The lowest BCUT2D eigenvalue weighted by molar-refractivity contribution is 0.00923. The van der Waals surface area contributed by atoms with Crippen LogP contribution in [0.4, 0.5) is 9.59 Å². The number of hydrogen-bond donors (Lipinski definition) is 0. The van der Waals surface area contributed by atoms with Gasteiger partial charge in [-0.2, -0.15) is 0 Å². The first-order chi connectivity index (χ1) is 9.17. The second-order valence-electron chi connectivity index (χ2n) is 3.53. The number of ether oxygens (including phenoxy) is 5. The van der Waals surface area contributed by atoms with Gasteiger partial charge in [0.2, 0.25) is 0 Å². The number of allylic oxidation sites excluding steroid dienone is 1. The monoisotopic (exact) mass is 272 g/mol. The number of hydrogen-bond acceptors (Lipinski definition) is 7. The van der Waals surface area contributed by atoms with Crippen molar-refractivity contribution in [2.24, 2.45) is 0 Å². The summed E-state index contributed by atoms with van der Waals surface area (Å²) < 4.78 is 24.2. The van der Waals surface area contributed by atoms with Gasteiger partial charge in [0.25, 0.3) is 0 Å². The van der Waals surface area contributed by atoms with E-state index in [2.05, 4.69) is 11.3 Å². The van der Waals surface area contributed by atoms with E-state index in [1.165, 1.54) is 12.3 Å². The second-order valence-corrected chi connectivity index (χ2v) is 3.53. The van der Waals surface area contributed by atoms with E-state index >= 15 is 0 Å². The maximum absolute atomic E-state index is 11.1. The van der Waals surface area contributed by atoms with Crippen molar-refractivity contribution in [1.82, 2.24) is 0 Å². The van der Waals surface area contributed by atoms with E-state index in [4.69, 9.17) is 18.9 Å². The summed E-state index contributed by atoms with van der Waals surface area (Å²) in [5, 5.41) is 0. The minimum Gasteiger partial charge on any atom is -0.498 e. The molecule has 7 nitrogen and oxygen atoms in total. The zero-order valence-electron chi connectivity index (χ0n) is 10.6. The Balaban J connectivity index is 2.34. The average Bonchev–Trinajstić information content (AvgIpc) is 2.74. The molecule has 2 unspecified atom stereocenters. The summed E-state index contributed by atoms with van der Waals surface area (Å²) in [7, 11) is 0. The third kappa shape index (κ3) is 5.33. The van der Waals surface area contributed by atoms with E-state index < -0.39 is 24.5 Å². The van der Waals surface area contributed by atoms with Gasteiger partial charge in [0.05, 0.1) is 6.26 Å². The lowest BCUT2D eigenvalue weighted by Crippen LogP contribution is -2.32. The highest BCUT2D eigenvalue weighted by molar-refractivity contribution is 5.63. The fraction of sp³-hybridized carbons (Fsp3) is 0.500. The molecule has 1 heterocycles. The summed E-state index contributed by atoms with van der Waals surface area (Å²) in [6, 6.07) is 0. The SMILES string of the molecule is C=CCOC(=O)OCC1OC(=O)OC1COC=CC. The zero-order chi connectivity index (χ0) is 14.1. The third-order valence-corrected chi connectivity index (χ3v) is 2.09. The van der Waals surface area contributed by atoms with Crippen LogP contribution in [0.1, 0.15) is 6.92 Å². The Morgan fingerprint density at radius 3 is 2.63 bits per heavy atom. The van der Waals surface area contributed by atoms with Gasteiger partial charge in [0.15, 0.2) is 12.2 Å². The van der Waals surface area contributed by atoms with Crippen LogP contribution < -0.4 is 0 Å². The molecule has 0 amide bonds. The Morgan fingerprint density at radius 2 is 2.00 bits per heavy atom. The fourth-order valence-corrected chi connectivity index (χ4v) is 1.27. The molecule has 19 heavy (non-hydrogen) atoms. The minimum atomic E-state index is -0.865. The van der Waals surface area contributed by atoms with Crippen molar-refractivity contribution in [3.05, 3.63) is 25.0 Å². The topological polar surface area (TPSA) is 80.3 Å². The standard InChI is InChI=1S/C12H16O7/c1-3-5-15-7-9-10(19-12(14)18-9)8-17-11(13)16-6-4-2/h3-5,9-10H,2,6-8H2,1H3. The molecule has 1 aliphatic rings. The van der Waals surface area contributed by atoms with E-state index in [1.807, 2.05) is 0 Å². The first kappa shape index (κ1) is 14.9. The third-order valence-electron chi connectivity index (χ3n) is 2.09. The molecule has 0 radical (unpaired) electrons. The Hall–Kier alpha value is -2.18. The Labute approximate surface area is 110 Å². The Bertz CT molecular complexity index is 350. The van der Waals surface area contributed by atoms with Gasteiger partial charge in [-0.25, -0.2) is 9.59 Å². The summed E-state index contributed by atoms with van der Waals surface area (Å²) in [5.41, 5.74) is 0. The molecule has 0 aromatic carbocycles. The maximum Gasteiger partial charge on any atom is 0.509 e. The van der Waals surface area contributed by atoms with Crippen LogP contribution in [0.15, 0.2) is 25.0 Å². The summed E-state index contributed by atoms with van der Waals surface area (Å²) in [5.74, 6) is 0. The van der Waals surface area contributed by atoms with Crippen LogP contribution in [0.5, 0.6) is 0 Å². The van der Waals surface area contributed by atoms with Gasteiger partial charge in [-0.15, -0.1) is 0 Å². The molecule has 0 aliphatic carbocycles. The molecule has 0 bridgehead atoms. The van der Waals surface area contributed by atoms with Gasteiger partial charge < -0.3 is 23.7 Å². The molecule has 0 N–H and O–H groups in total. The maximum atomic E-state index is 11.1. The highest BCUT2D eigenvalue weighted by atomic mass is 16.8. The highest BCUT2D eigenvalue weighted by Gasteiger charge is 2.38. The largest absolute Gasteiger partial charge is 0.509 e. The Kier molecular flexibility index (Phi) is 6.28. The van der Waals surface area contributed by atoms with Crippen molar-refractivity contribution in [2.75, 3.05) is 19.8 Å². The van der Waals surface area contributed by atoms with Crippen LogP contribution in [-0.2, 0) is 23.7 Å². The summed E-state index contributed by atoms with van der Waals surface area (Å²) >= 11 is 0. The van der Waals surface area contributed by atoms with Crippen molar-refractivity contribution in [2.45, 2.75) is 19.1 Å². The lowest BCUT2D eigenvalue weighted by atomic mass is 10.2. The predicted molar refractivity (Wildman–Crippen MR) is 63.4 cm³/mol. The summed E-state index contributed by atoms with van der Waals surface area (Å²) in [6.07, 6.45) is 1.54. The van der Waals surface area contributed by atoms with Crippen molar-refractivity contribution in [1.29, 1.82) is 0 Å². The van der Waals surface area contributed by atoms with Gasteiger partial charge >= 0.3 is 12.3 Å². The molecule has 0 spiro atoms. The first-order valence-corrected chi connectivity index (χ1v) is 5.67. The predicted octanol–water partition coefficient (Wildman–Crippen LogP) is 1.78. The average molecular weight is 272 g/mol. The number of cyclic esters (lactones) is 2. The van der Waals surface area contributed by atoms with E-state index in [0.29, 0.717) is 0 Å². The van der Waals surface area contributed by atoms with E-state index in [-0.39, 0.29) is 19.8 Å². The molecule has 1 aliphatic heterocycles. The highest BCUT2D eigenvalue weighted by Crippen LogP contribution is 2.16. The zero-order valence-corrected chi connectivity index (χ0v) is 10.6. The molecular weight excluding hydrogens is 256 g/mol. The van der Waals surface area contributed by atoms with Crippen LogP contribution in [0.25, 0.3) is 0 Å².